The number of hydrogen-bond acceptors (Lipinski definition) is 4. The molecule has 0 radical (unpaired) electrons. The van der Waals surface area contributed by atoms with Gasteiger partial charge in [0, 0.05) is 0 Å². The molecule has 0 heterocycles. The maximum absolute atomic E-state index is 10.8. The highest BCUT2D eigenvalue weighted by molar-refractivity contribution is 6.09. The van der Waals surface area contributed by atoms with Gasteiger partial charge in [0.05, 0.1) is 22.3 Å². The van der Waals surface area contributed by atoms with Gasteiger partial charge in [-0.15, -0.1) is 0 Å². The number of carboxylic acid groups (broad SMARTS) is 4. The third-order valence-corrected chi connectivity index (χ3v) is 3.83. The van der Waals surface area contributed by atoms with Crippen molar-refractivity contribution in [1.29, 1.82) is 0 Å². The summed E-state index contributed by atoms with van der Waals surface area (Å²) in [5, 5.41) is 35.0. The van der Waals surface area contributed by atoms with Crippen LogP contribution in [0.2, 0.25) is 0 Å². The van der Waals surface area contributed by atoms with E-state index in [0.717, 1.165) is 5.92 Å². The SMILES string of the molecule is CCCCC(C)CC.O=C(O)c1cc(C(=O)O)c(C(=O)O)cc1C(=O)O. The maximum Gasteiger partial charge on any atom is 0.336 e. The molecule has 1 rings (SSSR count). The van der Waals surface area contributed by atoms with Gasteiger partial charge in [-0.3, -0.25) is 0 Å². The Balaban J connectivity index is 0.000000660. The van der Waals surface area contributed by atoms with Crippen LogP contribution in [0.3, 0.4) is 0 Å². The van der Waals surface area contributed by atoms with Gasteiger partial charge in [-0.05, 0) is 18.1 Å². The maximum atomic E-state index is 10.8. The zero-order chi connectivity index (χ0) is 20.4. The van der Waals surface area contributed by atoms with Gasteiger partial charge < -0.3 is 20.4 Å². The van der Waals surface area contributed by atoms with Crippen molar-refractivity contribution in [3.05, 3.63) is 34.4 Å². The van der Waals surface area contributed by atoms with Crippen LogP contribution < -0.4 is 0 Å². The first-order valence-electron chi connectivity index (χ1n) is 8.17. The molecule has 0 fully saturated rings. The van der Waals surface area contributed by atoms with E-state index in [4.69, 9.17) is 20.4 Å². The molecule has 0 aliphatic heterocycles. The molecule has 0 bridgehead atoms. The highest BCUT2D eigenvalue weighted by Crippen LogP contribution is 2.18. The van der Waals surface area contributed by atoms with E-state index in [0.29, 0.717) is 12.1 Å². The van der Waals surface area contributed by atoms with E-state index >= 15 is 0 Å². The zero-order valence-electron chi connectivity index (χ0n) is 15.0. The summed E-state index contributed by atoms with van der Waals surface area (Å²) in [4.78, 5) is 43.1. The van der Waals surface area contributed by atoms with Crippen molar-refractivity contribution in [3.8, 4) is 0 Å². The highest BCUT2D eigenvalue weighted by atomic mass is 16.4. The summed E-state index contributed by atoms with van der Waals surface area (Å²) in [6, 6.07) is 1.02. The van der Waals surface area contributed by atoms with Crippen LogP contribution in [0.15, 0.2) is 12.1 Å². The van der Waals surface area contributed by atoms with Crippen LogP contribution >= 0.6 is 0 Å². The van der Waals surface area contributed by atoms with Crippen molar-refractivity contribution in [3.63, 3.8) is 0 Å². The first-order chi connectivity index (χ1) is 12.1. The number of hydrogen-bond donors (Lipinski definition) is 4. The number of rotatable bonds is 8. The van der Waals surface area contributed by atoms with Crippen molar-refractivity contribution >= 4 is 23.9 Å². The fourth-order valence-electron chi connectivity index (χ4n) is 2.06. The van der Waals surface area contributed by atoms with Crippen molar-refractivity contribution in [2.45, 2.75) is 46.5 Å². The predicted molar refractivity (Wildman–Crippen MR) is 93.3 cm³/mol. The van der Waals surface area contributed by atoms with Gasteiger partial charge in [0.25, 0.3) is 0 Å². The molecule has 0 saturated carbocycles. The Hall–Kier alpha value is -2.90. The number of carbonyl (C=O) groups is 4. The molecule has 8 heteroatoms. The van der Waals surface area contributed by atoms with Crippen LogP contribution in [0.5, 0.6) is 0 Å². The lowest BCUT2D eigenvalue weighted by Crippen LogP contribution is -2.15. The number of unbranched alkanes of at least 4 members (excludes halogenated alkanes) is 1. The quantitative estimate of drug-likeness (QED) is 0.542. The zero-order valence-corrected chi connectivity index (χ0v) is 15.0. The second-order valence-electron chi connectivity index (χ2n) is 5.82. The molecule has 0 amide bonds. The summed E-state index contributed by atoms with van der Waals surface area (Å²) in [7, 11) is 0. The number of aromatic carboxylic acids is 4. The van der Waals surface area contributed by atoms with Crippen molar-refractivity contribution in [2.75, 3.05) is 0 Å². The van der Waals surface area contributed by atoms with Crippen molar-refractivity contribution in [2.24, 2.45) is 5.92 Å². The van der Waals surface area contributed by atoms with E-state index in [-0.39, 0.29) is 0 Å². The molecule has 0 aliphatic carbocycles. The van der Waals surface area contributed by atoms with Gasteiger partial charge in [-0.25, -0.2) is 19.2 Å². The molecule has 1 unspecified atom stereocenters. The van der Waals surface area contributed by atoms with E-state index in [9.17, 15) is 19.2 Å². The van der Waals surface area contributed by atoms with Gasteiger partial charge in [0.15, 0.2) is 0 Å². The van der Waals surface area contributed by atoms with Crippen LogP contribution in [-0.4, -0.2) is 44.3 Å². The van der Waals surface area contributed by atoms with Gasteiger partial charge in [0.2, 0.25) is 0 Å². The second-order valence-corrected chi connectivity index (χ2v) is 5.82. The average Bonchev–Trinajstić information content (AvgIpc) is 2.58. The molecule has 8 nitrogen and oxygen atoms in total. The topological polar surface area (TPSA) is 149 Å². The van der Waals surface area contributed by atoms with E-state index in [1.807, 2.05) is 0 Å². The summed E-state index contributed by atoms with van der Waals surface area (Å²) in [6.45, 7) is 6.85. The average molecular weight is 368 g/mol. The molecule has 144 valence electrons. The van der Waals surface area contributed by atoms with Gasteiger partial charge in [0.1, 0.15) is 0 Å². The smallest absolute Gasteiger partial charge is 0.336 e. The minimum Gasteiger partial charge on any atom is -0.478 e. The molecular formula is C18H24O8. The Bertz CT molecular complexity index is 580. The lowest BCUT2D eigenvalue weighted by atomic mass is 9.98. The van der Waals surface area contributed by atoms with E-state index in [1.165, 1.54) is 25.7 Å². The molecule has 1 aromatic rings. The Labute approximate surface area is 151 Å². The van der Waals surface area contributed by atoms with Gasteiger partial charge >= 0.3 is 23.9 Å². The Morgan fingerprint density at radius 1 is 0.769 bits per heavy atom. The number of benzene rings is 1. The monoisotopic (exact) mass is 368 g/mol. The lowest BCUT2D eigenvalue weighted by Gasteiger charge is -2.06. The summed E-state index contributed by atoms with van der Waals surface area (Å²) >= 11 is 0. The second kappa shape index (κ2) is 10.9. The Morgan fingerprint density at radius 3 is 1.27 bits per heavy atom. The van der Waals surface area contributed by atoms with Crippen molar-refractivity contribution < 1.29 is 39.6 Å². The molecule has 26 heavy (non-hydrogen) atoms. The molecular weight excluding hydrogens is 344 g/mol. The summed E-state index contributed by atoms with van der Waals surface area (Å²) < 4.78 is 0. The van der Waals surface area contributed by atoms with E-state index in [1.54, 1.807) is 0 Å². The molecule has 4 N–H and O–H groups in total. The molecule has 1 aromatic carbocycles. The molecule has 0 saturated heterocycles. The Kier molecular flexibility index (Phi) is 9.65. The van der Waals surface area contributed by atoms with Gasteiger partial charge in [-0.2, -0.15) is 0 Å². The fraction of sp³-hybridized carbons (Fsp3) is 0.444. The summed E-state index contributed by atoms with van der Waals surface area (Å²) in [5.41, 5.74) is -3.15. The molecule has 0 spiro atoms. The highest BCUT2D eigenvalue weighted by Gasteiger charge is 2.24. The van der Waals surface area contributed by atoms with Crippen LogP contribution in [-0.2, 0) is 0 Å². The van der Waals surface area contributed by atoms with Crippen LogP contribution in [0.1, 0.15) is 87.9 Å². The van der Waals surface area contributed by atoms with E-state index in [2.05, 4.69) is 20.8 Å². The summed E-state index contributed by atoms with van der Waals surface area (Å²) in [6.07, 6.45) is 5.53. The first kappa shape index (κ1) is 23.1. The predicted octanol–water partition coefficient (Wildman–Crippen LogP) is 3.70. The summed E-state index contributed by atoms with van der Waals surface area (Å²) in [5.74, 6) is -5.69. The number of carboxylic acids is 4. The minimum absolute atomic E-state index is 0.511. The van der Waals surface area contributed by atoms with E-state index < -0.39 is 46.1 Å². The van der Waals surface area contributed by atoms with Crippen LogP contribution in [0.25, 0.3) is 0 Å². The molecule has 0 aliphatic rings. The first-order valence-corrected chi connectivity index (χ1v) is 8.17. The lowest BCUT2D eigenvalue weighted by molar-refractivity contribution is 0.0637. The standard InChI is InChI=1S/C10H6O8.C8H18/c11-7(12)3-1-4(8(13)14)6(10(17)18)2-5(3)9(15)16;1-4-6-7-8(3)5-2/h1-2H,(H,11,12)(H,13,14)(H,15,16)(H,17,18);8H,4-7H2,1-3H3. The largest absolute Gasteiger partial charge is 0.478 e. The van der Waals surface area contributed by atoms with Crippen LogP contribution in [0.4, 0.5) is 0 Å². The molecule has 0 aromatic heterocycles. The normalized spacial score (nSPS) is 11.0. The minimum atomic E-state index is -1.66. The fourth-order valence-corrected chi connectivity index (χ4v) is 2.06. The Morgan fingerprint density at radius 2 is 1.08 bits per heavy atom. The van der Waals surface area contributed by atoms with Gasteiger partial charge in [-0.1, -0.05) is 46.5 Å². The van der Waals surface area contributed by atoms with Crippen LogP contribution in [0, 0.1) is 5.92 Å². The third kappa shape index (κ3) is 6.92. The van der Waals surface area contributed by atoms with Crippen molar-refractivity contribution in [1.82, 2.24) is 0 Å². The molecule has 1 atom stereocenters. The third-order valence-electron chi connectivity index (χ3n) is 3.83.